The van der Waals surface area contributed by atoms with Gasteiger partial charge in [-0.3, -0.25) is 4.79 Å². The minimum absolute atomic E-state index is 0.00363. The Kier molecular flexibility index (Phi) is 3.80. The summed E-state index contributed by atoms with van der Waals surface area (Å²) in [6, 6.07) is 5.17. The summed E-state index contributed by atoms with van der Waals surface area (Å²) in [4.78, 5) is 11.2. The van der Waals surface area contributed by atoms with Crippen molar-refractivity contribution in [1.29, 1.82) is 0 Å². The molecule has 12 heavy (non-hydrogen) atoms. The zero-order valence-electron chi connectivity index (χ0n) is 5.98. The molecule has 0 N–H and O–H groups in total. The topological polar surface area (TPSA) is 17.1 Å². The predicted octanol–water partition coefficient (Wildman–Crippen LogP) is 3.37. The summed E-state index contributed by atoms with van der Waals surface area (Å²) in [5.41, 5.74) is 0.595. The minimum atomic E-state index is -0.0939. The normalized spacial score (nSPS) is 9.92. The molecule has 0 spiro atoms. The number of halogens is 3. The van der Waals surface area contributed by atoms with Crippen molar-refractivity contribution in [2.45, 2.75) is 0 Å². The van der Waals surface area contributed by atoms with Gasteiger partial charge in [-0.1, -0.05) is 11.6 Å². The number of hydrogen-bond donors (Lipinski definition) is 0. The summed E-state index contributed by atoms with van der Waals surface area (Å²) in [6.45, 7) is 0. The molecule has 0 aliphatic rings. The second-order valence-corrected chi connectivity index (χ2v) is 4.05. The lowest BCUT2D eigenvalue weighted by molar-refractivity contribution is 0.102. The monoisotopic (exact) mass is 314 g/mol. The summed E-state index contributed by atoms with van der Waals surface area (Å²) in [6.07, 6.45) is 0. The van der Waals surface area contributed by atoms with Gasteiger partial charge in [-0.15, -0.1) is 11.6 Å². The highest BCUT2D eigenvalue weighted by Crippen LogP contribution is 2.18. The van der Waals surface area contributed by atoms with Gasteiger partial charge in [-0.2, -0.15) is 0 Å². The molecule has 0 radical (unpaired) electrons. The lowest BCUT2D eigenvalue weighted by atomic mass is 10.1. The number of carbonyl (C=O) groups excluding carboxylic acids is 1. The van der Waals surface area contributed by atoms with Crippen LogP contribution in [-0.4, -0.2) is 11.7 Å². The Morgan fingerprint density at radius 3 is 2.75 bits per heavy atom. The summed E-state index contributed by atoms with van der Waals surface area (Å²) in [5.74, 6) is -0.0975. The molecule has 0 aromatic heterocycles. The Labute approximate surface area is 94.2 Å². The van der Waals surface area contributed by atoms with Gasteiger partial charge >= 0.3 is 0 Å². The number of hydrogen-bond acceptors (Lipinski definition) is 1. The first-order valence-corrected chi connectivity index (χ1v) is 5.18. The molecule has 0 bridgehead atoms. The Bertz CT molecular complexity index is 312. The highest BCUT2D eigenvalue weighted by Gasteiger charge is 2.08. The van der Waals surface area contributed by atoms with Gasteiger partial charge < -0.3 is 0 Å². The number of Topliss-reactive ketones (excluding diaryl/α,β-unsaturated/α-hetero) is 1. The smallest absolute Gasteiger partial charge is 0.178 e. The Balaban J connectivity index is 3.13. The van der Waals surface area contributed by atoms with Crippen molar-refractivity contribution in [3.63, 3.8) is 0 Å². The lowest BCUT2D eigenvalue weighted by Crippen LogP contribution is -2.02. The second kappa shape index (κ2) is 4.44. The van der Waals surface area contributed by atoms with E-state index in [0.29, 0.717) is 10.6 Å². The Hall–Kier alpha value is 0.200. The van der Waals surface area contributed by atoms with E-state index in [1.807, 2.05) is 0 Å². The molecule has 1 rings (SSSR count). The average Bonchev–Trinajstić information content (AvgIpc) is 2.08. The zero-order valence-corrected chi connectivity index (χ0v) is 9.65. The molecule has 0 aliphatic heterocycles. The van der Waals surface area contributed by atoms with Crippen molar-refractivity contribution in [3.05, 3.63) is 32.4 Å². The summed E-state index contributed by atoms with van der Waals surface area (Å²) >= 11 is 13.2. The molecule has 0 amide bonds. The highest BCUT2D eigenvalue weighted by molar-refractivity contribution is 14.1. The minimum Gasteiger partial charge on any atom is -0.293 e. The first-order valence-electron chi connectivity index (χ1n) is 3.19. The maximum atomic E-state index is 11.2. The number of carbonyl (C=O) groups is 1. The molecule has 0 saturated heterocycles. The zero-order chi connectivity index (χ0) is 9.14. The third-order valence-electron chi connectivity index (χ3n) is 1.35. The van der Waals surface area contributed by atoms with E-state index >= 15 is 0 Å². The first kappa shape index (κ1) is 10.3. The van der Waals surface area contributed by atoms with Crippen LogP contribution in [0.5, 0.6) is 0 Å². The number of rotatable bonds is 2. The fraction of sp³-hybridized carbons (Fsp3) is 0.125. The first-order chi connectivity index (χ1) is 5.65. The van der Waals surface area contributed by atoms with E-state index in [1.165, 1.54) is 0 Å². The van der Waals surface area contributed by atoms with Crippen molar-refractivity contribution in [2.24, 2.45) is 0 Å². The van der Waals surface area contributed by atoms with Gasteiger partial charge in [-0.05, 0) is 40.8 Å². The average molecular weight is 315 g/mol. The molecular formula is C8H5Cl2IO. The molecule has 1 nitrogen and oxygen atoms in total. The van der Waals surface area contributed by atoms with Gasteiger partial charge in [-0.25, -0.2) is 0 Å². The van der Waals surface area contributed by atoms with Gasteiger partial charge in [0.2, 0.25) is 0 Å². The Morgan fingerprint density at radius 1 is 1.50 bits per heavy atom. The van der Waals surface area contributed by atoms with Crippen molar-refractivity contribution in [2.75, 3.05) is 5.88 Å². The molecular weight excluding hydrogens is 310 g/mol. The molecule has 4 heteroatoms. The van der Waals surface area contributed by atoms with Gasteiger partial charge in [0, 0.05) is 14.2 Å². The molecule has 1 aromatic carbocycles. The van der Waals surface area contributed by atoms with Crippen LogP contribution in [0, 0.1) is 3.57 Å². The van der Waals surface area contributed by atoms with Crippen LogP contribution in [0.4, 0.5) is 0 Å². The number of ketones is 1. The SMILES string of the molecule is O=C(CCl)c1cc(Cl)ccc1I. The van der Waals surface area contributed by atoms with Crippen LogP contribution in [0.2, 0.25) is 5.02 Å². The van der Waals surface area contributed by atoms with Gasteiger partial charge in [0.05, 0.1) is 5.88 Å². The predicted molar refractivity (Wildman–Crippen MR) is 59.2 cm³/mol. The van der Waals surface area contributed by atoms with E-state index in [4.69, 9.17) is 23.2 Å². The fourth-order valence-electron chi connectivity index (χ4n) is 0.783. The summed E-state index contributed by atoms with van der Waals surface area (Å²) < 4.78 is 0.877. The van der Waals surface area contributed by atoms with Gasteiger partial charge in [0.25, 0.3) is 0 Å². The van der Waals surface area contributed by atoms with Crippen LogP contribution >= 0.6 is 45.8 Å². The highest BCUT2D eigenvalue weighted by atomic mass is 127. The molecule has 0 saturated carbocycles. The maximum absolute atomic E-state index is 11.2. The standard InChI is InChI=1S/C8H5Cl2IO/c9-4-8(12)6-3-5(10)1-2-7(6)11/h1-3H,4H2. The third kappa shape index (κ3) is 2.34. The van der Waals surface area contributed by atoms with Crippen molar-refractivity contribution < 1.29 is 4.79 Å². The van der Waals surface area contributed by atoms with Crippen molar-refractivity contribution in [3.8, 4) is 0 Å². The fourth-order valence-corrected chi connectivity index (χ4v) is 1.74. The summed E-state index contributed by atoms with van der Waals surface area (Å²) in [7, 11) is 0. The molecule has 0 atom stereocenters. The molecule has 0 aliphatic carbocycles. The molecule has 0 heterocycles. The maximum Gasteiger partial charge on any atom is 0.178 e. The molecule has 0 fully saturated rings. The molecule has 1 aromatic rings. The van der Waals surface area contributed by atoms with E-state index in [2.05, 4.69) is 22.6 Å². The van der Waals surface area contributed by atoms with E-state index < -0.39 is 0 Å². The van der Waals surface area contributed by atoms with E-state index in [1.54, 1.807) is 18.2 Å². The van der Waals surface area contributed by atoms with E-state index in [-0.39, 0.29) is 11.7 Å². The lowest BCUT2D eigenvalue weighted by Gasteiger charge is -2.00. The molecule has 0 unspecified atom stereocenters. The summed E-state index contributed by atoms with van der Waals surface area (Å²) in [5, 5.41) is 0.559. The Morgan fingerprint density at radius 2 is 2.17 bits per heavy atom. The van der Waals surface area contributed by atoms with Gasteiger partial charge in [0.1, 0.15) is 0 Å². The second-order valence-electron chi connectivity index (χ2n) is 2.18. The van der Waals surface area contributed by atoms with E-state index in [0.717, 1.165) is 3.57 Å². The number of alkyl halides is 1. The van der Waals surface area contributed by atoms with Crippen LogP contribution in [-0.2, 0) is 0 Å². The van der Waals surface area contributed by atoms with Crippen LogP contribution < -0.4 is 0 Å². The van der Waals surface area contributed by atoms with Crippen LogP contribution in [0.15, 0.2) is 18.2 Å². The van der Waals surface area contributed by atoms with Crippen molar-refractivity contribution in [1.82, 2.24) is 0 Å². The van der Waals surface area contributed by atoms with Crippen LogP contribution in [0.25, 0.3) is 0 Å². The van der Waals surface area contributed by atoms with Crippen molar-refractivity contribution >= 4 is 51.6 Å². The van der Waals surface area contributed by atoms with E-state index in [9.17, 15) is 4.79 Å². The van der Waals surface area contributed by atoms with Crippen LogP contribution in [0.1, 0.15) is 10.4 Å². The molecule has 64 valence electrons. The van der Waals surface area contributed by atoms with Gasteiger partial charge in [0.15, 0.2) is 5.78 Å². The largest absolute Gasteiger partial charge is 0.293 e. The third-order valence-corrected chi connectivity index (χ3v) is 2.77. The van der Waals surface area contributed by atoms with Crippen LogP contribution in [0.3, 0.4) is 0 Å². The number of benzene rings is 1. The quantitative estimate of drug-likeness (QED) is 0.465.